The van der Waals surface area contributed by atoms with E-state index in [4.69, 9.17) is 4.74 Å². The molecule has 184 valence electrons. The normalized spacial score (nSPS) is 28.2. The molecule has 0 amide bonds. The fourth-order valence-electron chi connectivity index (χ4n) is 5.83. The van der Waals surface area contributed by atoms with Crippen LogP contribution in [0.25, 0.3) is 0 Å². The lowest BCUT2D eigenvalue weighted by molar-refractivity contribution is -0.145. The van der Waals surface area contributed by atoms with Crippen molar-refractivity contribution in [1.82, 2.24) is 0 Å². The molecule has 0 aromatic heterocycles. The van der Waals surface area contributed by atoms with E-state index in [1.165, 1.54) is 43.8 Å². The lowest BCUT2D eigenvalue weighted by Gasteiger charge is -2.44. The third-order valence-electron chi connectivity index (χ3n) is 7.42. The number of hydrogen-bond acceptors (Lipinski definition) is 3. The number of ether oxygens (including phenoxy) is 1. The SMILES string of the molecule is C=C1/C(=C\C=C2/CCCC(C)(C(CCC)[C@H](C)CC#CC(C)(C)O)C2)CCCC1OC(C)=O. The third-order valence-corrected chi connectivity index (χ3v) is 7.42. The number of esters is 1. The summed E-state index contributed by atoms with van der Waals surface area (Å²) < 4.78 is 5.47. The highest BCUT2D eigenvalue weighted by Crippen LogP contribution is 2.49. The Bertz CT molecular complexity index is 814. The molecule has 3 nitrogen and oxygen atoms in total. The maximum atomic E-state index is 11.4. The first-order valence-electron chi connectivity index (χ1n) is 12.9. The van der Waals surface area contributed by atoms with Crippen LogP contribution in [-0.2, 0) is 9.53 Å². The number of allylic oxidation sites excluding steroid dienone is 3. The molecule has 4 atom stereocenters. The molecule has 2 aliphatic carbocycles. The van der Waals surface area contributed by atoms with Crippen LogP contribution in [0.5, 0.6) is 0 Å². The molecule has 0 bridgehead atoms. The summed E-state index contributed by atoms with van der Waals surface area (Å²) in [7, 11) is 0. The first-order chi connectivity index (χ1) is 15.4. The van der Waals surface area contributed by atoms with Crippen molar-refractivity contribution in [2.75, 3.05) is 0 Å². The molecule has 2 rings (SSSR count). The zero-order valence-corrected chi connectivity index (χ0v) is 21.9. The van der Waals surface area contributed by atoms with Gasteiger partial charge in [0.1, 0.15) is 11.7 Å². The van der Waals surface area contributed by atoms with Gasteiger partial charge in [-0.3, -0.25) is 4.79 Å². The molecule has 0 aromatic rings. The van der Waals surface area contributed by atoms with Crippen molar-refractivity contribution in [2.24, 2.45) is 17.3 Å². The van der Waals surface area contributed by atoms with E-state index in [1.807, 2.05) is 0 Å². The summed E-state index contributed by atoms with van der Waals surface area (Å²) in [5.74, 6) is 7.14. The second-order valence-electron chi connectivity index (χ2n) is 11.2. The largest absolute Gasteiger partial charge is 0.458 e. The molecule has 2 saturated carbocycles. The van der Waals surface area contributed by atoms with Gasteiger partial charge < -0.3 is 9.84 Å². The van der Waals surface area contributed by atoms with E-state index in [9.17, 15) is 9.90 Å². The minimum Gasteiger partial charge on any atom is -0.458 e. The highest BCUT2D eigenvalue weighted by Gasteiger charge is 2.38. The predicted octanol–water partition coefficient (Wildman–Crippen LogP) is 7.31. The number of carbonyl (C=O) groups is 1. The Morgan fingerprint density at radius 3 is 2.70 bits per heavy atom. The Hall–Kier alpha value is -1.79. The Kier molecular flexibility index (Phi) is 10.0. The number of hydrogen-bond donors (Lipinski definition) is 1. The molecule has 0 spiro atoms. The van der Waals surface area contributed by atoms with Crippen LogP contribution in [0, 0.1) is 29.1 Å². The molecule has 1 N–H and O–H groups in total. The molecule has 0 saturated heterocycles. The smallest absolute Gasteiger partial charge is 0.303 e. The van der Waals surface area contributed by atoms with Crippen LogP contribution in [0.15, 0.2) is 35.5 Å². The Labute approximate surface area is 202 Å². The lowest BCUT2D eigenvalue weighted by Crippen LogP contribution is -2.34. The topological polar surface area (TPSA) is 46.5 Å². The highest BCUT2D eigenvalue weighted by atomic mass is 16.5. The average Bonchev–Trinajstić information content (AvgIpc) is 2.71. The van der Waals surface area contributed by atoms with Crippen LogP contribution < -0.4 is 0 Å². The molecule has 2 fully saturated rings. The van der Waals surface area contributed by atoms with Gasteiger partial charge in [-0.1, -0.05) is 57.4 Å². The van der Waals surface area contributed by atoms with E-state index in [1.54, 1.807) is 13.8 Å². The first kappa shape index (κ1) is 27.5. The Morgan fingerprint density at radius 1 is 1.33 bits per heavy atom. The minimum absolute atomic E-state index is 0.169. The first-order valence-corrected chi connectivity index (χ1v) is 12.9. The van der Waals surface area contributed by atoms with Gasteiger partial charge in [-0.15, -0.1) is 5.92 Å². The van der Waals surface area contributed by atoms with Crippen molar-refractivity contribution in [3.63, 3.8) is 0 Å². The molecule has 33 heavy (non-hydrogen) atoms. The monoisotopic (exact) mass is 454 g/mol. The van der Waals surface area contributed by atoms with E-state index in [0.717, 1.165) is 44.1 Å². The summed E-state index contributed by atoms with van der Waals surface area (Å²) in [4.78, 5) is 11.4. The van der Waals surface area contributed by atoms with Gasteiger partial charge in [0.2, 0.25) is 0 Å². The van der Waals surface area contributed by atoms with Gasteiger partial charge in [-0.25, -0.2) is 0 Å². The van der Waals surface area contributed by atoms with Gasteiger partial charge >= 0.3 is 5.97 Å². The molecule has 2 aliphatic rings. The standard InChI is InChI=1S/C30H46O3/c1-8-12-27(22(2)13-10-19-29(5,6)32)30(7)20-11-14-25(21-30)17-18-26-15-9-16-28(23(26)3)33-24(4)31/h17-18,22,27-28,32H,3,8-9,11-16,20-21H2,1-2,4-7H3/b25-17+,26-18-/t22-,27?,28?,30?/m1/s1. The van der Waals surface area contributed by atoms with Gasteiger partial charge in [0.25, 0.3) is 0 Å². The van der Waals surface area contributed by atoms with Gasteiger partial charge in [-0.05, 0) is 93.6 Å². The third kappa shape index (κ3) is 8.49. The van der Waals surface area contributed by atoms with Crippen LogP contribution in [0.2, 0.25) is 0 Å². The zero-order valence-electron chi connectivity index (χ0n) is 21.9. The summed E-state index contributed by atoms with van der Waals surface area (Å²) >= 11 is 0. The fraction of sp³-hybridized carbons (Fsp3) is 0.700. The highest BCUT2D eigenvalue weighted by molar-refractivity contribution is 5.66. The van der Waals surface area contributed by atoms with Crippen LogP contribution in [-0.4, -0.2) is 22.8 Å². The summed E-state index contributed by atoms with van der Waals surface area (Å²) in [6, 6.07) is 0. The fourth-order valence-corrected chi connectivity index (χ4v) is 5.83. The van der Waals surface area contributed by atoms with Crippen LogP contribution >= 0.6 is 0 Å². The van der Waals surface area contributed by atoms with Crippen molar-refractivity contribution in [2.45, 2.75) is 117 Å². The number of aliphatic hydroxyl groups is 1. The van der Waals surface area contributed by atoms with Crippen molar-refractivity contribution in [1.29, 1.82) is 0 Å². The molecule has 0 heterocycles. The summed E-state index contributed by atoms with van der Waals surface area (Å²) in [6.45, 7) is 16.3. The molecule has 0 aromatic carbocycles. The van der Waals surface area contributed by atoms with Crippen molar-refractivity contribution >= 4 is 5.97 Å². The van der Waals surface area contributed by atoms with Gasteiger partial charge in [0, 0.05) is 13.3 Å². The predicted molar refractivity (Wildman–Crippen MR) is 138 cm³/mol. The summed E-state index contributed by atoms with van der Waals surface area (Å²) in [5.41, 5.74) is 3.07. The summed E-state index contributed by atoms with van der Waals surface area (Å²) in [5, 5.41) is 9.93. The number of carbonyl (C=O) groups excluding carboxylic acids is 1. The Morgan fingerprint density at radius 2 is 2.06 bits per heavy atom. The molecule has 3 unspecified atom stereocenters. The second kappa shape index (κ2) is 12.1. The van der Waals surface area contributed by atoms with E-state index >= 15 is 0 Å². The molecular weight excluding hydrogens is 408 g/mol. The molecule has 3 heteroatoms. The van der Waals surface area contributed by atoms with Crippen molar-refractivity contribution in [3.05, 3.63) is 35.5 Å². The molecule has 0 radical (unpaired) electrons. The van der Waals surface area contributed by atoms with E-state index in [0.29, 0.717) is 11.8 Å². The van der Waals surface area contributed by atoms with E-state index < -0.39 is 5.60 Å². The van der Waals surface area contributed by atoms with Crippen LogP contribution in [0.3, 0.4) is 0 Å². The summed E-state index contributed by atoms with van der Waals surface area (Å²) in [6.07, 6.45) is 15.3. The minimum atomic E-state index is -0.921. The Balaban J connectivity index is 2.15. The van der Waals surface area contributed by atoms with Crippen LogP contribution in [0.4, 0.5) is 0 Å². The van der Waals surface area contributed by atoms with Crippen molar-refractivity contribution < 1.29 is 14.6 Å². The molecular formula is C30H46O3. The maximum absolute atomic E-state index is 11.4. The van der Waals surface area contributed by atoms with Gasteiger partial charge in [-0.2, -0.15) is 0 Å². The lowest BCUT2D eigenvalue weighted by atomic mass is 9.60. The number of rotatable bonds is 7. The van der Waals surface area contributed by atoms with E-state index in [2.05, 4.69) is 51.3 Å². The maximum Gasteiger partial charge on any atom is 0.303 e. The van der Waals surface area contributed by atoms with E-state index in [-0.39, 0.29) is 17.5 Å². The van der Waals surface area contributed by atoms with Crippen molar-refractivity contribution in [3.8, 4) is 11.8 Å². The van der Waals surface area contributed by atoms with Gasteiger partial charge in [0.15, 0.2) is 0 Å². The quantitative estimate of drug-likeness (QED) is 0.324. The van der Waals surface area contributed by atoms with Gasteiger partial charge in [0.05, 0.1) is 0 Å². The second-order valence-corrected chi connectivity index (χ2v) is 11.2. The molecule has 0 aliphatic heterocycles. The average molecular weight is 455 g/mol. The van der Waals surface area contributed by atoms with Crippen LogP contribution in [0.1, 0.15) is 106 Å². The zero-order chi connectivity index (χ0) is 24.6.